The van der Waals surface area contributed by atoms with E-state index in [0.29, 0.717) is 24.9 Å². The fourth-order valence-corrected chi connectivity index (χ4v) is 2.69. The summed E-state index contributed by atoms with van der Waals surface area (Å²) in [6.07, 6.45) is 8.53. The predicted molar refractivity (Wildman–Crippen MR) is 91.2 cm³/mol. The molecule has 0 aromatic rings. The second kappa shape index (κ2) is 14.2. The van der Waals surface area contributed by atoms with Gasteiger partial charge in [0.1, 0.15) is 0 Å². The van der Waals surface area contributed by atoms with Crippen LogP contribution in [0.25, 0.3) is 0 Å². The summed E-state index contributed by atoms with van der Waals surface area (Å²) in [4.78, 5) is 13.2. The molecule has 0 radical (unpaired) electrons. The summed E-state index contributed by atoms with van der Waals surface area (Å²) in [5.74, 6) is 1.05. The Kier molecular flexibility index (Phi) is 15.2. The molecule has 0 aliphatic carbocycles. The average molecular weight is 303 g/mol. The zero-order valence-corrected chi connectivity index (χ0v) is 14.7. The van der Waals surface area contributed by atoms with Gasteiger partial charge in [-0.15, -0.1) is 0 Å². The van der Waals surface area contributed by atoms with Gasteiger partial charge in [0.05, 0.1) is 0 Å². The molecule has 0 fully saturated rings. The van der Waals surface area contributed by atoms with Crippen LogP contribution in [0.4, 0.5) is 4.79 Å². The molecule has 0 spiro atoms. The number of unbranched alkanes of at least 4 members (excludes halogenated alkanes) is 2. The molecule has 2 unspecified atom stereocenters. The van der Waals surface area contributed by atoms with Crippen molar-refractivity contribution in [1.82, 2.24) is 11.1 Å². The van der Waals surface area contributed by atoms with Crippen LogP contribution in [0, 0.1) is 11.8 Å². The summed E-state index contributed by atoms with van der Waals surface area (Å²) >= 11 is 0. The van der Waals surface area contributed by atoms with Crippen LogP contribution in [0.1, 0.15) is 79.1 Å². The molecule has 0 heterocycles. The highest BCUT2D eigenvalue weighted by atomic mass is 16.4. The Bertz CT molecular complexity index is 229. The Morgan fingerprint density at radius 2 is 1.29 bits per heavy atom. The molecule has 0 aromatic carbocycles. The summed E-state index contributed by atoms with van der Waals surface area (Å²) in [5.41, 5.74) is 0. The Balaban J connectivity index is 0. The van der Waals surface area contributed by atoms with Crippen molar-refractivity contribution < 1.29 is 9.90 Å². The van der Waals surface area contributed by atoms with Crippen LogP contribution in [-0.4, -0.2) is 29.2 Å². The fraction of sp³-hybridized carbons (Fsp3) is 0.941. The summed E-state index contributed by atoms with van der Waals surface area (Å²) in [5, 5.41) is 9.44. The van der Waals surface area contributed by atoms with Gasteiger partial charge in [0, 0.05) is 13.1 Å². The molecule has 4 heteroatoms. The summed E-state index contributed by atoms with van der Waals surface area (Å²) in [6.45, 7) is 10.2. The van der Waals surface area contributed by atoms with E-state index < -0.39 is 6.09 Å². The lowest BCUT2D eigenvalue weighted by Crippen LogP contribution is -2.38. The zero-order chi connectivity index (χ0) is 15.4. The van der Waals surface area contributed by atoms with Gasteiger partial charge in [-0.25, -0.2) is 4.79 Å². The maximum Gasteiger partial charge on any atom is 0.407 e. The third kappa shape index (κ3) is 10.6. The molecule has 128 valence electrons. The predicted octanol–water partition coefficient (Wildman–Crippen LogP) is 5.56. The minimum absolute atomic E-state index is 0. The number of nitrogens with zero attached hydrogens (tertiary/aromatic N) is 1. The highest BCUT2D eigenvalue weighted by Gasteiger charge is 2.20. The third-order valence-corrected chi connectivity index (χ3v) is 4.31. The molecule has 0 saturated heterocycles. The number of rotatable bonds is 12. The summed E-state index contributed by atoms with van der Waals surface area (Å²) in [6, 6.07) is 0. The van der Waals surface area contributed by atoms with Crippen molar-refractivity contribution in [2.45, 2.75) is 79.1 Å². The fourth-order valence-electron chi connectivity index (χ4n) is 2.69. The Labute approximate surface area is 131 Å². The molecule has 4 N–H and O–H groups in total. The number of hydrogen-bond donors (Lipinski definition) is 2. The van der Waals surface area contributed by atoms with Crippen LogP contribution in [-0.2, 0) is 0 Å². The molecule has 0 rings (SSSR count). The van der Waals surface area contributed by atoms with Gasteiger partial charge in [-0.1, -0.05) is 66.2 Å². The van der Waals surface area contributed by atoms with Gasteiger partial charge < -0.3 is 16.2 Å². The van der Waals surface area contributed by atoms with Crippen molar-refractivity contribution in [3.8, 4) is 0 Å². The highest BCUT2D eigenvalue weighted by molar-refractivity contribution is 5.64. The SMILES string of the molecule is CCCCC(CC)CN(CC(CC)CCCC)C(=O)O.N. The largest absolute Gasteiger partial charge is 0.465 e. The van der Waals surface area contributed by atoms with Crippen LogP contribution in [0.5, 0.6) is 0 Å². The quantitative estimate of drug-likeness (QED) is 0.495. The van der Waals surface area contributed by atoms with E-state index in [0.717, 1.165) is 25.7 Å². The molecular formula is C17H38N2O2. The van der Waals surface area contributed by atoms with E-state index in [9.17, 15) is 9.90 Å². The molecule has 4 nitrogen and oxygen atoms in total. The van der Waals surface area contributed by atoms with E-state index in [2.05, 4.69) is 27.7 Å². The maximum absolute atomic E-state index is 11.5. The highest BCUT2D eigenvalue weighted by Crippen LogP contribution is 2.18. The second-order valence-electron chi connectivity index (χ2n) is 6.02. The lowest BCUT2D eigenvalue weighted by Gasteiger charge is -2.28. The number of carbonyl (C=O) groups is 1. The molecule has 1 amide bonds. The first kappa shape index (κ1) is 22.5. The first-order chi connectivity index (χ1) is 9.58. The molecular weight excluding hydrogens is 264 g/mol. The van der Waals surface area contributed by atoms with Crippen molar-refractivity contribution in [2.24, 2.45) is 11.8 Å². The summed E-state index contributed by atoms with van der Waals surface area (Å²) in [7, 11) is 0. The van der Waals surface area contributed by atoms with E-state index >= 15 is 0 Å². The van der Waals surface area contributed by atoms with Crippen LogP contribution in [0.15, 0.2) is 0 Å². The average Bonchev–Trinajstić information content (AvgIpc) is 2.45. The van der Waals surface area contributed by atoms with E-state index in [1.807, 2.05) is 0 Å². The minimum atomic E-state index is -0.741. The minimum Gasteiger partial charge on any atom is -0.465 e. The molecule has 0 bridgehead atoms. The van der Waals surface area contributed by atoms with Gasteiger partial charge >= 0.3 is 6.09 Å². The van der Waals surface area contributed by atoms with Gasteiger partial charge in [0.15, 0.2) is 0 Å². The maximum atomic E-state index is 11.5. The van der Waals surface area contributed by atoms with Crippen LogP contribution < -0.4 is 6.15 Å². The standard InChI is InChI=1S/C17H35NO2.H3N/c1-5-9-11-15(7-3)13-18(17(19)20)14-16(8-4)12-10-6-2;/h15-16H,5-14H2,1-4H3,(H,19,20);1H3. The van der Waals surface area contributed by atoms with Crippen molar-refractivity contribution in [3.63, 3.8) is 0 Å². The zero-order valence-electron chi connectivity index (χ0n) is 14.7. The smallest absolute Gasteiger partial charge is 0.407 e. The van der Waals surface area contributed by atoms with Crippen molar-refractivity contribution in [3.05, 3.63) is 0 Å². The van der Waals surface area contributed by atoms with E-state index in [-0.39, 0.29) is 6.15 Å². The number of amides is 1. The van der Waals surface area contributed by atoms with Crippen molar-refractivity contribution >= 4 is 6.09 Å². The van der Waals surface area contributed by atoms with Gasteiger partial charge in [-0.3, -0.25) is 0 Å². The van der Waals surface area contributed by atoms with Crippen LogP contribution in [0.3, 0.4) is 0 Å². The monoisotopic (exact) mass is 302 g/mol. The van der Waals surface area contributed by atoms with Gasteiger partial charge in [0.2, 0.25) is 0 Å². The Morgan fingerprint density at radius 1 is 0.905 bits per heavy atom. The molecule has 0 aliphatic heterocycles. The third-order valence-electron chi connectivity index (χ3n) is 4.31. The first-order valence-electron chi connectivity index (χ1n) is 8.56. The molecule has 2 atom stereocenters. The first-order valence-corrected chi connectivity index (χ1v) is 8.56. The van der Waals surface area contributed by atoms with E-state index in [1.54, 1.807) is 4.90 Å². The molecule has 0 aliphatic rings. The lowest BCUT2D eigenvalue weighted by atomic mass is 9.96. The van der Waals surface area contributed by atoms with Crippen molar-refractivity contribution in [2.75, 3.05) is 13.1 Å². The number of carboxylic acid groups (broad SMARTS) is 1. The summed E-state index contributed by atoms with van der Waals surface area (Å²) < 4.78 is 0. The lowest BCUT2D eigenvalue weighted by molar-refractivity contribution is 0.123. The van der Waals surface area contributed by atoms with Gasteiger partial charge in [-0.05, 0) is 24.7 Å². The second-order valence-corrected chi connectivity index (χ2v) is 6.02. The van der Waals surface area contributed by atoms with E-state index in [1.165, 1.54) is 25.7 Å². The normalized spacial score (nSPS) is 13.3. The van der Waals surface area contributed by atoms with E-state index in [4.69, 9.17) is 0 Å². The molecule has 0 aromatic heterocycles. The van der Waals surface area contributed by atoms with Gasteiger partial charge in [-0.2, -0.15) is 0 Å². The molecule has 0 saturated carbocycles. The topological polar surface area (TPSA) is 75.5 Å². The van der Waals surface area contributed by atoms with Crippen LogP contribution >= 0.6 is 0 Å². The molecule has 21 heavy (non-hydrogen) atoms. The Morgan fingerprint density at radius 3 is 1.52 bits per heavy atom. The van der Waals surface area contributed by atoms with Gasteiger partial charge in [0.25, 0.3) is 0 Å². The number of hydrogen-bond acceptors (Lipinski definition) is 2. The van der Waals surface area contributed by atoms with Crippen LogP contribution in [0.2, 0.25) is 0 Å². The Hall–Kier alpha value is -0.770. The van der Waals surface area contributed by atoms with Crippen molar-refractivity contribution in [1.29, 1.82) is 0 Å².